The number of halogens is 2. The summed E-state index contributed by atoms with van der Waals surface area (Å²) in [5.41, 5.74) is 7.23. The molecule has 4 aromatic rings. The van der Waals surface area contributed by atoms with E-state index in [-0.39, 0.29) is 15.8 Å². The van der Waals surface area contributed by atoms with E-state index in [4.69, 9.17) is 4.99 Å². The molecule has 5 rings (SSSR count). The molecule has 7 nitrogen and oxygen atoms in total. The predicted molar refractivity (Wildman–Crippen MR) is 132 cm³/mol. The van der Waals surface area contributed by atoms with Crippen molar-refractivity contribution in [3.05, 3.63) is 101 Å². The van der Waals surface area contributed by atoms with E-state index in [0.29, 0.717) is 34.0 Å². The van der Waals surface area contributed by atoms with Crippen LogP contribution in [0, 0.1) is 12.7 Å². The Labute approximate surface area is 202 Å². The van der Waals surface area contributed by atoms with Crippen LogP contribution in [0.25, 0.3) is 11.3 Å². The number of amides is 1. The minimum Gasteiger partial charge on any atom is -0.277 e. The van der Waals surface area contributed by atoms with Gasteiger partial charge in [0.25, 0.3) is 5.91 Å². The molecule has 3 heterocycles. The van der Waals surface area contributed by atoms with Crippen molar-refractivity contribution in [1.82, 2.24) is 25.6 Å². The molecule has 1 aliphatic rings. The van der Waals surface area contributed by atoms with Crippen molar-refractivity contribution >= 4 is 40.0 Å². The molecule has 1 unspecified atom stereocenters. The van der Waals surface area contributed by atoms with Crippen LogP contribution in [0.15, 0.2) is 78.0 Å². The van der Waals surface area contributed by atoms with Gasteiger partial charge in [-0.05, 0) is 59.8 Å². The second-order valence-corrected chi connectivity index (χ2v) is 8.69. The normalized spacial score (nSPS) is 15.1. The highest BCUT2D eigenvalue weighted by molar-refractivity contribution is 14.1. The standard InChI is InChI=1S/C24H18FIN6O/c1-14-6-4-7-15(12-14)23-28-20-19(17-9-2-3-10-18(17)25)29-30-21(20)22(26)32(23)31-24(33)16-8-5-11-27-13-16/h2-13,22H,1H3,(H,29,30)(H,31,33). The molecule has 0 aliphatic carbocycles. The molecule has 2 aromatic heterocycles. The van der Waals surface area contributed by atoms with E-state index in [1.54, 1.807) is 41.5 Å². The first kappa shape index (κ1) is 21.3. The third kappa shape index (κ3) is 3.99. The smallest absolute Gasteiger partial charge is 0.271 e. The first-order valence-corrected chi connectivity index (χ1v) is 11.4. The van der Waals surface area contributed by atoms with Crippen LogP contribution in [-0.4, -0.2) is 31.9 Å². The number of aromatic amines is 1. The second-order valence-electron chi connectivity index (χ2n) is 7.51. The zero-order valence-electron chi connectivity index (χ0n) is 17.5. The number of hydrogen-bond acceptors (Lipinski definition) is 5. The highest BCUT2D eigenvalue weighted by Gasteiger charge is 2.34. The molecule has 0 saturated carbocycles. The Bertz CT molecular complexity index is 1370. The summed E-state index contributed by atoms with van der Waals surface area (Å²) in [5, 5.41) is 9.05. The highest BCUT2D eigenvalue weighted by Crippen LogP contribution is 2.43. The fraction of sp³-hybridized carbons (Fsp3) is 0.0833. The van der Waals surface area contributed by atoms with Gasteiger partial charge in [0.2, 0.25) is 0 Å². The number of carbonyl (C=O) groups is 1. The molecular weight excluding hydrogens is 534 g/mol. The predicted octanol–water partition coefficient (Wildman–Crippen LogP) is 5.09. The van der Waals surface area contributed by atoms with Gasteiger partial charge in [-0.2, -0.15) is 5.10 Å². The van der Waals surface area contributed by atoms with E-state index in [1.165, 1.54) is 12.3 Å². The number of H-pyrrole nitrogens is 1. The summed E-state index contributed by atoms with van der Waals surface area (Å²) < 4.78 is 14.2. The minimum atomic E-state index is -0.378. The van der Waals surface area contributed by atoms with Gasteiger partial charge >= 0.3 is 0 Å². The van der Waals surface area contributed by atoms with E-state index in [2.05, 4.69) is 43.2 Å². The molecule has 9 heteroatoms. The Hall–Kier alpha value is -3.60. The largest absolute Gasteiger partial charge is 0.277 e. The maximum Gasteiger partial charge on any atom is 0.271 e. The molecule has 1 amide bonds. The third-order valence-electron chi connectivity index (χ3n) is 5.23. The first-order chi connectivity index (χ1) is 16.0. The number of rotatable bonds is 4. The quantitative estimate of drug-likeness (QED) is 0.210. The third-order valence-corrected chi connectivity index (χ3v) is 6.41. The van der Waals surface area contributed by atoms with Gasteiger partial charge in [-0.1, -0.05) is 35.9 Å². The summed E-state index contributed by atoms with van der Waals surface area (Å²) in [7, 11) is 0. The number of nitrogens with one attached hydrogen (secondary N) is 2. The Kier molecular flexibility index (Phi) is 5.63. The van der Waals surface area contributed by atoms with Crippen LogP contribution >= 0.6 is 22.6 Å². The van der Waals surface area contributed by atoms with Gasteiger partial charge in [0.15, 0.2) is 5.84 Å². The zero-order chi connectivity index (χ0) is 22.9. The summed E-state index contributed by atoms with van der Waals surface area (Å²) >= 11 is 2.20. The van der Waals surface area contributed by atoms with Crippen LogP contribution in [0.4, 0.5) is 10.1 Å². The minimum absolute atomic E-state index is 0.317. The van der Waals surface area contributed by atoms with E-state index in [0.717, 1.165) is 11.1 Å². The molecule has 0 saturated heterocycles. The zero-order valence-corrected chi connectivity index (χ0v) is 19.6. The number of hydrazine groups is 1. The molecule has 33 heavy (non-hydrogen) atoms. The Morgan fingerprint density at radius 3 is 2.76 bits per heavy atom. The molecule has 1 atom stereocenters. The number of pyridine rings is 1. The lowest BCUT2D eigenvalue weighted by molar-refractivity contribution is 0.0864. The lowest BCUT2D eigenvalue weighted by Gasteiger charge is -2.33. The van der Waals surface area contributed by atoms with Gasteiger partial charge in [-0.25, -0.2) is 14.4 Å². The maximum atomic E-state index is 14.6. The number of nitrogens with zero attached hydrogens (tertiary/aromatic N) is 4. The maximum absolute atomic E-state index is 14.6. The number of aryl methyl sites for hydroxylation is 1. The Morgan fingerprint density at radius 2 is 2.00 bits per heavy atom. The van der Waals surface area contributed by atoms with Crippen LogP contribution in [0.2, 0.25) is 0 Å². The van der Waals surface area contributed by atoms with Crippen molar-refractivity contribution in [3.63, 3.8) is 0 Å². The lowest BCUT2D eigenvalue weighted by Crippen LogP contribution is -2.48. The van der Waals surface area contributed by atoms with E-state index in [9.17, 15) is 9.18 Å². The number of aliphatic imine (C=N–C) groups is 1. The van der Waals surface area contributed by atoms with Gasteiger partial charge < -0.3 is 0 Å². The van der Waals surface area contributed by atoms with Crippen LogP contribution < -0.4 is 5.43 Å². The van der Waals surface area contributed by atoms with Crippen LogP contribution in [-0.2, 0) is 0 Å². The van der Waals surface area contributed by atoms with Gasteiger partial charge in [0, 0.05) is 23.5 Å². The molecule has 0 fully saturated rings. The molecule has 0 radical (unpaired) electrons. The SMILES string of the molecule is Cc1cccc(C2=Nc3c(-c4ccccc4F)n[nH]c3C(I)N2NC(=O)c2cccnc2)c1. The molecule has 0 spiro atoms. The molecular formula is C24H18FIN6O. The van der Waals surface area contributed by atoms with Crippen molar-refractivity contribution in [1.29, 1.82) is 0 Å². The van der Waals surface area contributed by atoms with Gasteiger partial charge in [-0.15, -0.1) is 0 Å². The number of amidine groups is 1. The first-order valence-electron chi connectivity index (χ1n) is 10.2. The van der Waals surface area contributed by atoms with Crippen molar-refractivity contribution in [2.75, 3.05) is 0 Å². The monoisotopic (exact) mass is 552 g/mol. The van der Waals surface area contributed by atoms with E-state index >= 15 is 0 Å². The summed E-state index contributed by atoms with van der Waals surface area (Å²) in [6.45, 7) is 1.99. The molecule has 2 N–H and O–H groups in total. The molecule has 1 aliphatic heterocycles. The summed E-state index contributed by atoms with van der Waals surface area (Å²) in [5.74, 6) is -0.166. The van der Waals surface area contributed by atoms with Gasteiger partial charge in [-0.3, -0.25) is 20.3 Å². The average Bonchev–Trinajstić information content (AvgIpc) is 3.25. The van der Waals surface area contributed by atoms with Crippen LogP contribution in [0.1, 0.15) is 31.2 Å². The van der Waals surface area contributed by atoms with Crippen molar-refractivity contribution in [2.24, 2.45) is 4.99 Å². The number of benzene rings is 2. The fourth-order valence-corrected chi connectivity index (χ4v) is 4.47. The fourth-order valence-electron chi connectivity index (χ4n) is 3.63. The molecule has 164 valence electrons. The summed E-state index contributed by atoms with van der Waals surface area (Å²) in [6, 6.07) is 17.7. The molecule has 2 aromatic carbocycles. The van der Waals surface area contributed by atoms with E-state index < -0.39 is 0 Å². The number of alkyl halides is 1. The van der Waals surface area contributed by atoms with Crippen molar-refractivity contribution in [2.45, 2.75) is 11.0 Å². The van der Waals surface area contributed by atoms with Gasteiger partial charge in [0.05, 0.1) is 11.3 Å². The number of hydrogen-bond donors (Lipinski definition) is 2. The summed E-state index contributed by atoms with van der Waals surface area (Å²) in [6.07, 6.45) is 3.11. The Balaban J connectivity index is 1.63. The lowest BCUT2D eigenvalue weighted by atomic mass is 10.1. The molecule has 0 bridgehead atoms. The van der Waals surface area contributed by atoms with Crippen molar-refractivity contribution in [3.8, 4) is 11.3 Å². The van der Waals surface area contributed by atoms with E-state index in [1.807, 2.05) is 31.2 Å². The number of carbonyl (C=O) groups excluding carboxylic acids is 1. The average molecular weight is 552 g/mol. The number of aromatic nitrogens is 3. The van der Waals surface area contributed by atoms with Crippen LogP contribution in [0.3, 0.4) is 0 Å². The highest BCUT2D eigenvalue weighted by atomic mass is 127. The van der Waals surface area contributed by atoms with Crippen LogP contribution in [0.5, 0.6) is 0 Å². The van der Waals surface area contributed by atoms with Crippen molar-refractivity contribution < 1.29 is 9.18 Å². The number of fused-ring (bicyclic) bond motifs is 1. The second kappa shape index (κ2) is 8.74. The topological polar surface area (TPSA) is 86.3 Å². The summed E-state index contributed by atoms with van der Waals surface area (Å²) in [4.78, 5) is 21.8. The van der Waals surface area contributed by atoms with Gasteiger partial charge in [0.1, 0.15) is 21.2 Å². The Morgan fingerprint density at radius 1 is 1.15 bits per heavy atom.